The summed E-state index contributed by atoms with van der Waals surface area (Å²) >= 11 is 0. The third-order valence-corrected chi connectivity index (χ3v) is 11.0. The largest absolute Gasteiger partial charge is 0.744 e. The topological polar surface area (TPSA) is 120 Å². The number of aryl methyl sites for hydroxylation is 1. The number of rotatable bonds is 12. The van der Waals surface area contributed by atoms with E-state index in [9.17, 15) is 13.0 Å². The van der Waals surface area contributed by atoms with E-state index in [0.717, 1.165) is 63.2 Å². The number of nitrogens with zero attached hydrogens (tertiary/aromatic N) is 2. The molecule has 0 saturated carbocycles. The van der Waals surface area contributed by atoms with Crippen molar-refractivity contribution in [2.75, 3.05) is 6.61 Å². The first kappa shape index (κ1) is 36.6. The molecule has 4 aromatic carbocycles. The predicted octanol–water partition coefficient (Wildman–Crippen LogP) is 8.14. The second kappa shape index (κ2) is 17.8. The lowest BCUT2D eigenvalue weighted by atomic mass is 10.2. The molecule has 1 atom stereocenters. The Kier molecular flexibility index (Phi) is 12.5. The van der Waals surface area contributed by atoms with Crippen molar-refractivity contribution in [3.05, 3.63) is 163 Å². The van der Waals surface area contributed by atoms with Gasteiger partial charge in [0.25, 0.3) is 0 Å². The summed E-state index contributed by atoms with van der Waals surface area (Å²) in [5, 5.41) is 0. The smallest absolute Gasteiger partial charge is 0.199 e. The summed E-state index contributed by atoms with van der Waals surface area (Å²) in [6.07, 6.45) is 8.91. The van der Waals surface area contributed by atoms with E-state index < -0.39 is 21.0 Å². The Balaban J connectivity index is 0.000000362. The molecule has 1 fully saturated rings. The van der Waals surface area contributed by atoms with E-state index in [-0.39, 0.29) is 11.2 Å². The van der Waals surface area contributed by atoms with Gasteiger partial charge < -0.3 is 23.5 Å². The fraction of sp³-hybridized carbons (Fsp3) is 0.171. The van der Waals surface area contributed by atoms with Gasteiger partial charge >= 0.3 is 0 Å². The van der Waals surface area contributed by atoms with Gasteiger partial charge in [0.15, 0.2) is 21.0 Å². The molecule has 3 heterocycles. The fourth-order valence-electron chi connectivity index (χ4n) is 5.23. The quantitative estimate of drug-likeness (QED) is 0.0907. The highest BCUT2D eigenvalue weighted by molar-refractivity contribution is 7.97. The Morgan fingerprint density at radius 3 is 1.71 bits per heavy atom. The van der Waals surface area contributed by atoms with Crippen LogP contribution in [0.1, 0.15) is 29.5 Å². The molecule has 7 rings (SSSR count). The average Bonchev–Trinajstić information content (AvgIpc) is 3.68. The molecule has 0 spiro atoms. The Hall–Kier alpha value is -5.20. The van der Waals surface area contributed by atoms with E-state index in [1.165, 1.54) is 17.0 Å². The SMILES string of the molecule is Cc1ccc(S(=O)(=O)[O-])cc1.c1cc(OCc2ccncc2)cc([S+](c2ccc(OC3CCCO3)cc2)c2cccc(OCc3ccncc3)c2)c1. The number of benzene rings is 4. The van der Waals surface area contributed by atoms with E-state index in [1.54, 1.807) is 36.9 Å². The summed E-state index contributed by atoms with van der Waals surface area (Å²) in [6.45, 7) is 3.53. The molecule has 0 bridgehead atoms. The standard InChI is InChI=1S/C34H31N2O4S.C7H8O3S/c1-4-29(38-24-26-13-17-35-18-14-26)22-32(6-1)41(31-11-9-28(10-12-31)40-34-8-3-21-37-34)33-7-2-5-30(23-33)39-25-27-15-19-36-20-16-27;1-6-2-4-7(5-3-6)11(8,9)10/h1-2,4-7,9-20,22-23,34H,3,8,21,24-25H2;2-5H,1H3,(H,8,9,10)/q+1;/p-1. The van der Waals surface area contributed by atoms with Crippen molar-refractivity contribution in [1.82, 2.24) is 9.97 Å². The molecule has 9 nitrogen and oxygen atoms in total. The second-order valence-electron chi connectivity index (χ2n) is 11.8. The van der Waals surface area contributed by atoms with Gasteiger partial charge in [0, 0.05) is 43.3 Å². The number of hydrogen-bond donors (Lipinski definition) is 0. The maximum Gasteiger partial charge on any atom is 0.199 e. The van der Waals surface area contributed by atoms with E-state index in [0.29, 0.717) is 13.2 Å². The minimum atomic E-state index is -4.27. The molecule has 52 heavy (non-hydrogen) atoms. The zero-order chi connectivity index (χ0) is 36.2. The monoisotopic (exact) mass is 734 g/mol. The fourth-order valence-corrected chi connectivity index (χ4v) is 7.83. The van der Waals surface area contributed by atoms with Gasteiger partial charge in [0.2, 0.25) is 0 Å². The molecule has 1 unspecified atom stereocenters. The average molecular weight is 735 g/mol. The second-order valence-corrected chi connectivity index (χ2v) is 15.2. The zero-order valence-corrected chi connectivity index (χ0v) is 30.2. The van der Waals surface area contributed by atoms with Gasteiger partial charge in [-0.25, -0.2) is 8.42 Å². The lowest BCUT2D eigenvalue weighted by Crippen LogP contribution is -2.14. The summed E-state index contributed by atoms with van der Waals surface area (Å²) in [6, 6.07) is 38.7. The van der Waals surface area contributed by atoms with Crippen molar-refractivity contribution in [2.45, 2.75) is 58.9 Å². The molecule has 0 amide bonds. The molecular formula is C41H38N2O7S2. The highest BCUT2D eigenvalue weighted by Crippen LogP contribution is 2.36. The predicted molar refractivity (Wildman–Crippen MR) is 197 cm³/mol. The zero-order valence-electron chi connectivity index (χ0n) is 28.5. The van der Waals surface area contributed by atoms with Crippen molar-refractivity contribution >= 4 is 21.0 Å². The maximum atomic E-state index is 10.4. The maximum absolute atomic E-state index is 10.4. The minimum absolute atomic E-state index is 0.164. The van der Waals surface area contributed by atoms with Crippen LogP contribution in [-0.4, -0.2) is 35.8 Å². The minimum Gasteiger partial charge on any atom is -0.744 e. The van der Waals surface area contributed by atoms with Crippen LogP contribution in [0.3, 0.4) is 0 Å². The molecule has 1 aliphatic heterocycles. The Morgan fingerprint density at radius 1 is 0.692 bits per heavy atom. The summed E-state index contributed by atoms with van der Waals surface area (Å²) in [4.78, 5) is 11.5. The van der Waals surface area contributed by atoms with Crippen molar-refractivity contribution in [2.24, 2.45) is 0 Å². The number of ether oxygens (including phenoxy) is 4. The van der Waals surface area contributed by atoms with Crippen LogP contribution in [-0.2, 0) is 39.0 Å². The van der Waals surface area contributed by atoms with Crippen LogP contribution in [0.15, 0.2) is 166 Å². The third-order valence-electron chi connectivity index (χ3n) is 7.92. The van der Waals surface area contributed by atoms with Crippen LogP contribution in [0.5, 0.6) is 17.2 Å². The first-order chi connectivity index (χ1) is 25.3. The number of hydrogen-bond acceptors (Lipinski definition) is 9. The van der Waals surface area contributed by atoms with E-state index in [4.69, 9.17) is 18.9 Å². The Bertz CT molecular complexity index is 2020. The van der Waals surface area contributed by atoms with Crippen LogP contribution >= 0.6 is 0 Å². The molecule has 0 radical (unpaired) electrons. The summed E-state index contributed by atoms with van der Waals surface area (Å²) in [7, 11) is -4.68. The van der Waals surface area contributed by atoms with Crippen LogP contribution in [0.4, 0.5) is 0 Å². The van der Waals surface area contributed by atoms with Gasteiger partial charge in [-0.05, 0) is 109 Å². The van der Waals surface area contributed by atoms with E-state index in [2.05, 4.69) is 58.5 Å². The van der Waals surface area contributed by atoms with Crippen molar-refractivity contribution in [3.8, 4) is 17.2 Å². The Morgan fingerprint density at radius 2 is 1.23 bits per heavy atom. The van der Waals surface area contributed by atoms with Crippen LogP contribution in [0, 0.1) is 6.92 Å². The summed E-state index contributed by atoms with van der Waals surface area (Å²) in [5.74, 6) is 2.45. The highest BCUT2D eigenvalue weighted by Gasteiger charge is 2.30. The summed E-state index contributed by atoms with van der Waals surface area (Å²) in [5.41, 5.74) is 3.08. The number of pyridine rings is 2. The molecule has 266 valence electrons. The number of aromatic nitrogens is 2. The van der Waals surface area contributed by atoms with Gasteiger partial charge in [0.05, 0.1) is 22.4 Å². The Labute approximate surface area is 307 Å². The van der Waals surface area contributed by atoms with Crippen molar-refractivity contribution in [3.63, 3.8) is 0 Å². The van der Waals surface area contributed by atoms with Crippen LogP contribution < -0.4 is 14.2 Å². The van der Waals surface area contributed by atoms with Crippen molar-refractivity contribution in [1.29, 1.82) is 0 Å². The lowest BCUT2D eigenvalue weighted by Gasteiger charge is -2.14. The van der Waals surface area contributed by atoms with Gasteiger partial charge in [-0.1, -0.05) is 29.8 Å². The van der Waals surface area contributed by atoms with Gasteiger partial charge in [-0.3, -0.25) is 9.97 Å². The van der Waals surface area contributed by atoms with E-state index in [1.807, 2.05) is 55.5 Å². The molecule has 1 saturated heterocycles. The third kappa shape index (κ3) is 10.7. The van der Waals surface area contributed by atoms with E-state index >= 15 is 0 Å². The molecule has 11 heteroatoms. The molecule has 6 aromatic rings. The highest BCUT2D eigenvalue weighted by atomic mass is 32.2. The molecule has 0 N–H and O–H groups in total. The van der Waals surface area contributed by atoms with Crippen LogP contribution in [0.25, 0.3) is 0 Å². The molecule has 1 aliphatic rings. The van der Waals surface area contributed by atoms with Gasteiger partial charge in [0.1, 0.15) is 40.6 Å². The summed E-state index contributed by atoms with van der Waals surface area (Å²) < 4.78 is 55.2. The van der Waals surface area contributed by atoms with Crippen molar-refractivity contribution < 1.29 is 31.9 Å². The molecule has 0 aliphatic carbocycles. The first-order valence-electron chi connectivity index (χ1n) is 16.7. The van der Waals surface area contributed by atoms with Gasteiger partial charge in [-0.15, -0.1) is 0 Å². The first-order valence-corrected chi connectivity index (χ1v) is 19.3. The van der Waals surface area contributed by atoms with Crippen LogP contribution in [0.2, 0.25) is 0 Å². The molecule has 2 aromatic heterocycles. The molecular weight excluding hydrogens is 697 g/mol. The van der Waals surface area contributed by atoms with Gasteiger partial charge in [-0.2, -0.15) is 0 Å². The normalized spacial score (nSPS) is 13.9. The lowest BCUT2D eigenvalue weighted by molar-refractivity contribution is -0.0390.